The molecule has 0 saturated carbocycles. The first kappa shape index (κ1) is 21.8. The second-order valence-electron chi connectivity index (χ2n) is 10.3. The molecule has 0 fully saturated rings. The second kappa shape index (κ2) is 8.28. The van der Waals surface area contributed by atoms with Crippen LogP contribution in [0.25, 0.3) is 54.6 Å². The molecule has 0 saturated heterocycles. The number of benzene rings is 5. The Labute approximate surface area is 216 Å². The van der Waals surface area contributed by atoms with Crippen molar-refractivity contribution in [2.24, 2.45) is 4.99 Å². The summed E-state index contributed by atoms with van der Waals surface area (Å²) in [6.07, 6.45) is 1.96. The maximum atomic E-state index is 6.01. The third-order valence-corrected chi connectivity index (χ3v) is 7.24. The molecule has 0 aliphatic carbocycles. The number of aliphatic imine (C=N–C) groups is 1. The molecule has 5 aromatic carbocycles. The molecule has 6 aromatic rings. The van der Waals surface area contributed by atoms with Crippen LogP contribution in [0.3, 0.4) is 0 Å². The summed E-state index contributed by atoms with van der Waals surface area (Å²) in [5.41, 5.74) is 5.30. The molecule has 0 atom stereocenters. The standard InChI is InChI=1S/C34H26N2O/c1-34(2)21-36-33(37-34)30-19-18-23(20-35-30)31-26-13-5-7-15-28(26)32(29-16-8-6-14-27(29)31)25-17-9-11-22-10-3-4-12-24(22)25/h3-20H,21H2,1-2H3. The fourth-order valence-electron chi connectivity index (χ4n) is 5.56. The lowest BCUT2D eigenvalue weighted by atomic mass is 9.85. The molecule has 7 rings (SSSR count). The van der Waals surface area contributed by atoms with Crippen molar-refractivity contribution in [1.82, 2.24) is 4.98 Å². The molecule has 37 heavy (non-hydrogen) atoms. The summed E-state index contributed by atoms with van der Waals surface area (Å²) < 4.78 is 6.01. The topological polar surface area (TPSA) is 34.5 Å². The van der Waals surface area contributed by atoms with E-state index in [0.717, 1.165) is 11.3 Å². The van der Waals surface area contributed by atoms with Crippen LogP contribution >= 0.6 is 0 Å². The van der Waals surface area contributed by atoms with Crippen LogP contribution in [0.15, 0.2) is 114 Å². The maximum Gasteiger partial charge on any atom is 0.236 e. The van der Waals surface area contributed by atoms with Crippen molar-refractivity contribution in [2.45, 2.75) is 19.4 Å². The number of hydrogen-bond acceptors (Lipinski definition) is 3. The number of nitrogens with zero attached hydrogens (tertiary/aromatic N) is 2. The van der Waals surface area contributed by atoms with Crippen molar-refractivity contribution >= 4 is 38.2 Å². The number of aromatic nitrogens is 1. The Kier molecular flexibility index (Phi) is 4.87. The Morgan fingerprint density at radius 2 is 1.22 bits per heavy atom. The van der Waals surface area contributed by atoms with E-state index in [1.54, 1.807) is 0 Å². The highest BCUT2D eigenvalue weighted by molar-refractivity contribution is 6.23. The lowest BCUT2D eigenvalue weighted by Gasteiger charge is -2.19. The summed E-state index contributed by atoms with van der Waals surface area (Å²) in [6.45, 7) is 4.75. The number of fused-ring (bicyclic) bond motifs is 3. The Bertz CT molecular complexity index is 1790. The Morgan fingerprint density at radius 1 is 0.622 bits per heavy atom. The highest BCUT2D eigenvalue weighted by atomic mass is 16.5. The van der Waals surface area contributed by atoms with Gasteiger partial charge in [-0.05, 0) is 68.9 Å². The molecule has 3 nitrogen and oxygen atoms in total. The molecule has 0 amide bonds. The molecule has 3 heteroatoms. The van der Waals surface area contributed by atoms with Crippen molar-refractivity contribution < 1.29 is 4.74 Å². The summed E-state index contributed by atoms with van der Waals surface area (Å²) in [7, 11) is 0. The number of hydrogen-bond donors (Lipinski definition) is 0. The molecule has 0 N–H and O–H groups in total. The largest absolute Gasteiger partial charge is 0.468 e. The van der Waals surface area contributed by atoms with Gasteiger partial charge in [-0.25, -0.2) is 4.99 Å². The first-order valence-corrected chi connectivity index (χ1v) is 12.7. The van der Waals surface area contributed by atoms with Crippen LogP contribution in [-0.4, -0.2) is 23.0 Å². The van der Waals surface area contributed by atoms with Crippen molar-refractivity contribution in [3.63, 3.8) is 0 Å². The fourth-order valence-corrected chi connectivity index (χ4v) is 5.56. The monoisotopic (exact) mass is 478 g/mol. The molecule has 1 aliphatic heterocycles. The van der Waals surface area contributed by atoms with E-state index in [0.29, 0.717) is 12.4 Å². The quantitative estimate of drug-likeness (QED) is 0.239. The van der Waals surface area contributed by atoms with Crippen molar-refractivity contribution in [3.05, 3.63) is 115 Å². The van der Waals surface area contributed by atoms with Gasteiger partial charge >= 0.3 is 0 Å². The van der Waals surface area contributed by atoms with Crippen LogP contribution in [0.1, 0.15) is 19.5 Å². The van der Waals surface area contributed by atoms with Gasteiger partial charge in [-0.2, -0.15) is 0 Å². The summed E-state index contributed by atoms with van der Waals surface area (Å²) in [4.78, 5) is 9.34. The van der Waals surface area contributed by atoms with Gasteiger partial charge in [0.25, 0.3) is 0 Å². The van der Waals surface area contributed by atoms with Crippen LogP contribution < -0.4 is 0 Å². The summed E-state index contributed by atoms with van der Waals surface area (Å²) in [5, 5.41) is 7.42. The van der Waals surface area contributed by atoms with Gasteiger partial charge in [-0.15, -0.1) is 0 Å². The lowest BCUT2D eigenvalue weighted by Crippen LogP contribution is -2.24. The second-order valence-corrected chi connectivity index (χ2v) is 10.3. The zero-order valence-corrected chi connectivity index (χ0v) is 20.9. The fraction of sp³-hybridized carbons (Fsp3) is 0.118. The first-order valence-electron chi connectivity index (χ1n) is 12.7. The van der Waals surface area contributed by atoms with Crippen LogP contribution in [-0.2, 0) is 4.74 Å². The zero-order valence-electron chi connectivity index (χ0n) is 20.9. The first-order chi connectivity index (χ1) is 18.1. The van der Waals surface area contributed by atoms with Crippen molar-refractivity contribution in [3.8, 4) is 22.3 Å². The van der Waals surface area contributed by atoms with E-state index in [1.165, 1.54) is 49.0 Å². The molecule has 0 radical (unpaired) electrons. The van der Waals surface area contributed by atoms with E-state index < -0.39 is 0 Å². The third kappa shape index (κ3) is 3.58. The Hall–Kier alpha value is -4.50. The molecular weight excluding hydrogens is 452 g/mol. The Balaban J connectivity index is 1.49. The molecule has 0 bridgehead atoms. The molecule has 2 heterocycles. The predicted molar refractivity (Wildman–Crippen MR) is 154 cm³/mol. The summed E-state index contributed by atoms with van der Waals surface area (Å²) >= 11 is 0. The van der Waals surface area contributed by atoms with E-state index in [4.69, 9.17) is 9.72 Å². The average Bonchev–Trinajstić information content (AvgIpc) is 3.31. The molecule has 1 aromatic heterocycles. The smallest absolute Gasteiger partial charge is 0.236 e. The van der Waals surface area contributed by atoms with Gasteiger partial charge in [0, 0.05) is 11.8 Å². The Morgan fingerprint density at radius 3 is 1.81 bits per heavy atom. The molecule has 1 aliphatic rings. The van der Waals surface area contributed by atoms with E-state index in [9.17, 15) is 0 Å². The maximum absolute atomic E-state index is 6.01. The molecular formula is C34H26N2O. The highest BCUT2D eigenvalue weighted by Gasteiger charge is 2.29. The van der Waals surface area contributed by atoms with Gasteiger partial charge < -0.3 is 4.74 Å². The van der Waals surface area contributed by atoms with Crippen molar-refractivity contribution in [1.29, 1.82) is 0 Å². The normalized spacial score (nSPS) is 14.7. The van der Waals surface area contributed by atoms with Crippen LogP contribution in [0.2, 0.25) is 0 Å². The molecule has 0 unspecified atom stereocenters. The van der Waals surface area contributed by atoms with Crippen LogP contribution in [0, 0.1) is 0 Å². The minimum Gasteiger partial charge on any atom is -0.468 e. The van der Waals surface area contributed by atoms with Gasteiger partial charge in [0.2, 0.25) is 5.90 Å². The highest BCUT2D eigenvalue weighted by Crippen LogP contribution is 2.45. The minimum atomic E-state index is -0.278. The SMILES string of the molecule is CC1(C)CN=C(c2ccc(-c3c4ccccc4c(-c4cccc5ccccc45)c4ccccc34)cn2)O1. The van der Waals surface area contributed by atoms with E-state index in [-0.39, 0.29) is 5.60 Å². The van der Waals surface area contributed by atoms with E-state index >= 15 is 0 Å². The number of ether oxygens (including phenoxy) is 1. The minimum absolute atomic E-state index is 0.278. The van der Waals surface area contributed by atoms with Gasteiger partial charge in [-0.3, -0.25) is 4.98 Å². The summed E-state index contributed by atoms with van der Waals surface area (Å²) in [5.74, 6) is 0.623. The average molecular weight is 479 g/mol. The van der Waals surface area contributed by atoms with E-state index in [2.05, 4.69) is 102 Å². The van der Waals surface area contributed by atoms with Crippen molar-refractivity contribution in [2.75, 3.05) is 6.54 Å². The van der Waals surface area contributed by atoms with Crippen LogP contribution in [0.5, 0.6) is 0 Å². The van der Waals surface area contributed by atoms with E-state index in [1.807, 2.05) is 26.1 Å². The zero-order chi connectivity index (χ0) is 25.0. The summed E-state index contributed by atoms with van der Waals surface area (Å²) in [6, 6.07) is 36.8. The number of rotatable bonds is 3. The van der Waals surface area contributed by atoms with Gasteiger partial charge in [0.15, 0.2) is 0 Å². The van der Waals surface area contributed by atoms with Crippen LogP contribution in [0.4, 0.5) is 0 Å². The molecule has 0 spiro atoms. The van der Waals surface area contributed by atoms with Gasteiger partial charge in [-0.1, -0.05) is 97.1 Å². The third-order valence-electron chi connectivity index (χ3n) is 7.24. The van der Waals surface area contributed by atoms with Gasteiger partial charge in [0.05, 0.1) is 6.54 Å². The van der Waals surface area contributed by atoms with Gasteiger partial charge in [0.1, 0.15) is 11.3 Å². The predicted octanol–water partition coefficient (Wildman–Crippen LogP) is 8.43. The number of pyridine rings is 1. The molecule has 178 valence electrons. The lowest BCUT2D eigenvalue weighted by molar-refractivity contribution is 0.131.